The number of fused-ring (bicyclic) bond motifs is 1. The smallest absolute Gasteiger partial charge is 0.238 e. The summed E-state index contributed by atoms with van der Waals surface area (Å²) < 4.78 is 0. The van der Waals surface area contributed by atoms with E-state index in [0.717, 1.165) is 30.0 Å². The monoisotopic (exact) mass is 316 g/mol. The Kier molecular flexibility index (Phi) is 4.47. The average molecular weight is 316 g/mol. The number of aryl methyl sites for hydroxylation is 2. The highest BCUT2D eigenvalue weighted by atomic mass is 32.2. The molecule has 22 heavy (non-hydrogen) atoms. The van der Waals surface area contributed by atoms with Gasteiger partial charge in [-0.2, -0.15) is 5.10 Å². The number of rotatable bonds is 4. The molecule has 2 unspecified atom stereocenters. The van der Waals surface area contributed by atoms with Crippen molar-refractivity contribution in [2.75, 3.05) is 5.75 Å². The lowest BCUT2D eigenvalue weighted by Crippen LogP contribution is -2.33. The van der Waals surface area contributed by atoms with Crippen molar-refractivity contribution in [1.82, 2.24) is 20.5 Å². The van der Waals surface area contributed by atoms with Gasteiger partial charge in [-0.15, -0.1) is 11.8 Å². The predicted octanol–water partition coefficient (Wildman–Crippen LogP) is 2.71. The second-order valence-electron chi connectivity index (χ2n) is 5.45. The lowest BCUT2D eigenvalue weighted by atomic mass is 10.0. The number of aromatic amines is 1. The molecule has 1 amide bonds. The quantitative estimate of drug-likeness (QED) is 0.910. The van der Waals surface area contributed by atoms with Gasteiger partial charge < -0.3 is 5.32 Å². The third kappa shape index (κ3) is 3.02. The summed E-state index contributed by atoms with van der Waals surface area (Å²) in [4.78, 5) is 17.0. The van der Waals surface area contributed by atoms with Gasteiger partial charge in [0.05, 0.1) is 6.04 Å². The second kappa shape index (κ2) is 6.52. The van der Waals surface area contributed by atoms with E-state index < -0.39 is 0 Å². The van der Waals surface area contributed by atoms with Gasteiger partial charge in [-0.25, -0.2) is 4.98 Å². The highest BCUT2D eigenvalue weighted by molar-refractivity contribution is 8.00. The number of carbonyl (C=O) groups excluding carboxylic acids is 1. The molecule has 2 atom stereocenters. The van der Waals surface area contributed by atoms with Crippen LogP contribution in [-0.2, 0) is 11.2 Å². The molecule has 0 bridgehead atoms. The molecule has 1 aliphatic heterocycles. The molecule has 1 aromatic heterocycles. The van der Waals surface area contributed by atoms with E-state index in [1.165, 1.54) is 5.56 Å². The van der Waals surface area contributed by atoms with E-state index in [1.54, 1.807) is 11.8 Å². The van der Waals surface area contributed by atoms with Crippen LogP contribution in [0.1, 0.15) is 47.4 Å². The number of nitrogens with zero attached hydrogens (tertiary/aromatic N) is 2. The highest BCUT2D eigenvalue weighted by Crippen LogP contribution is 2.37. The Morgan fingerprint density at radius 2 is 2.32 bits per heavy atom. The molecule has 0 radical (unpaired) electrons. The number of aromatic nitrogens is 3. The molecule has 1 aliphatic rings. The van der Waals surface area contributed by atoms with Crippen LogP contribution in [0.5, 0.6) is 0 Å². The van der Waals surface area contributed by atoms with E-state index in [9.17, 15) is 4.79 Å². The molecule has 0 fully saturated rings. The van der Waals surface area contributed by atoms with Crippen LogP contribution in [0.2, 0.25) is 0 Å². The fraction of sp³-hybridized carbons (Fsp3) is 0.438. The van der Waals surface area contributed by atoms with Crippen molar-refractivity contribution in [2.45, 2.75) is 38.0 Å². The summed E-state index contributed by atoms with van der Waals surface area (Å²) in [7, 11) is 0. The second-order valence-corrected chi connectivity index (χ2v) is 6.66. The molecule has 116 valence electrons. The van der Waals surface area contributed by atoms with Crippen molar-refractivity contribution in [3.05, 3.63) is 47.0 Å². The Bertz CT molecular complexity index is 670. The van der Waals surface area contributed by atoms with E-state index in [1.807, 2.05) is 26.0 Å². The third-order valence-electron chi connectivity index (χ3n) is 3.88. The summed E-state index contributed by atoms with van der Waals surface area (Å²) in [6, 6.07) is 8.07. The molecule has 2 heterocycles. The van der Waals surface area contributed by atoms with Crippen LogP contribution in [0.3, 0.4) is 0 Å². The molecule has 3 rings (SSSR count). The maximum Gasteiger partial charge on any atom is 0.238 e. The first-order chi connectivity index (χ1) is 10.7. The van der Waals surface area contributed by atoms with Gasteiger partial charge in [0, 0.05) is 0 Å². The summed E-state index contributed by atoms with van der Waals surface area (Å²) in [5.74, 6) is 2.44. The molecule has 0 saturated heterocycles. The van der Waals surface area contributed by atoms with Crippen molar-refractivity contribution in [2.24, 2.45) is 0 Å². The number of H-pyrrole nitrogens is 1. The van der Waals surface area contributed by atoms with Crippen molar-refractivity contribution >= 4 is 17.7 Å². The molecule has 6 heteroatoms. The molecule has 0 spiro atoms. The van der Waals surface area contributed by atoms with Gasteiger partial charge in [0.2, 0.25) is 5.91 Å². The summed E-state index contributed by atoms with van der Waals surface area (Å²) >= 11 is 1.71. The summed E-state index contributed by atoms with van der Waals surface area (Å²) in [6.45, 7) is 3.89. The molecular weight excluding hydrogens is 296 g/mol. The summed E-state index contributed by atoms with van der Waals surface area (Å²) in [5, 5.41) is 9.97. The van der Waals surface area contributed by atoms with E-state index in [4.69, 9.17) is 0 Å². The zero-order valence-electron chi connectivity index (χ0n) is 12.8. The normalized spacial score (nSPS) is 18.5. The van der Waals surface area contributed by atoms with Gasteiger partial charge in [0.15, 0.2) is 5.82 Å². The Balaban J connectivity index is 1.77. The molecule has 0 saturated carbocycles. The van der Waals surface area contributed by atoms with E-state index in [-0.39, 0.29) is 17.2 Å². The van der Waals surface area contributed by atoms with Crippen molar-refractivity contribution in [3.63, 3.8) is 0 Å². The fourth-order valence-electron chi connectivity index (χ4n) is 2.72. The topological polar surface area (TPSA) is 70.7 Å². The first-order valence-electron chi connectivity index (χ1n) is 7.57. The molecule has 2 aromatic rings. The van der Waals surface area contributed by atoms with Gasteiger partial charge in [-0.1, -0.05) is 31.2 Å². The minimum atomic E-state index is -0.146. The average Bonchev–Trinajstić information content (AvgIpc) is 2.98. The van der Waals surface area contributed by atoms with Crippen molar-refractivity contribution in [3.8, 4) is 0 Å². The zero-order chi connectivity index (χ0) is 15.5. The number of benzene rings is 1. The van der Waals surface area contributed by atoms with E-state index in [2.05, 4.69) is 32.6 Å². The lowest BCUT2D eigenvalue weighted by Gasteiger charge is -2.25. The molecule has 0 aliphatic carbocycles. The van der Waals surface area contributed by atoms with Crippen LogP contribution in [-0.4, -0.2) is 26.8 Å². The van der Waals surface area contributed by atoms with Gasteiger partial charge in [0.25, 0.3) is 0 Å². The van der Waals surface area contributed by atoms with Crippen LogP contribution < -0.4 is 5.32 Å². The van der Waals surface area contributed by atoms with Crippen LogP contribution in [0.4, 0.5) is 0 Å². The standard InChI is InChI=1S/C16H20N4OS/c1-3-13(15-17-10(2)19-20-15)18-16(21)14-12-7-5-4-6-11(12)8-9-22-14/h4-7,13-14H,3,8-9H2,1-2H3,(H,18,21)(H,17,19,20). The van der Waals surface area contributed by atoms with Gasteiger partial charge in [0.1, 0.15) is 11.1 Å². The van der Waals surface area contributed by atoms with Gasteiger partial charge in [-0.3, -0.25) is 9.89 Å². The number of thioether (sulfide) groups is 1. The molecule has 2 N–H and O–H groups in total. The SMILES string of the molecule is CCC(NC(=O)C1SCCc2ccccc21)c1n[nH]c(C)n1. The Hall–Kier alpha value is -1.82. The van der Waals surface area contributed by atoms with Crippen LogP contribution >= 0.6 is 11.8 Å². The maximum absolute atomic E-state index is 12.7. The first kappa shape index (κ1) is 15.1. The van der Waals surface area contributed by atoms with E-state index >= 15 is 0 Å². The first-order valence-corrected chi connectivity index (χ1v) is 8.62. The largest absolute Gasteiger partial charge is 0.345 e. The lowest BCUT2D eigenvalue weighted by molar-refractivity contribution is -0.121. The van der Waals surface area contributed by atoms with Crippen molar-refractivity contribution in [1.29, 1.82) is 0 Å². The number of nitrogens with one attached hydrogen (secondary N) is 2. The predicted molar refractivity (Wildman–Crippen MR) is 87.6 cm³/mol. The Labute approximate surface area is 134 Å². The Morgan fingerprint density at radius 1 is 1.50 bits per heavy atom. The Morgan fingerprint density at radius 3 is 3.05 bits per heavy atom. The molecule has 1 aromatic carbocycles. The summed E-state index contributed by atoms with van der Waals surface area (Å²) in [5.41, 5.74) is 2.42. The van der Waals surface area contributed by atoms with Crippen LogP contribution in [0.25, 0.3) is 0 Å². The third-order valence-corrected chi connectivity index (χ3v) is 5.12. The number of hydrogen-bond donors (Lipinski definition) is 2. The van der Waals surface area contributed by atoms with Gasteiger partial charge >= 0.3 is 0 Å². The number of amides is 1. The summed E-state index contributed by atoms with van der Waals surface area (Å²) in [6.07, 6.45) is 1.80. The van der Waals surface area contributed by atoms with Crippen molar-refractivity contribution < 1.29 is 4.79 Å². The van der Waals surface area contributed by atoms with Crippen LogP contribution in [0, 0.1) is 6.92 Å². The highest BCUT2D eigenvalue weighted by Gasteiger charge is 2.29. The maximum atomic E-state index is 12.7. The number of hydrogen-bond acceptors (Lipinski definition) is 4. The fourth-order valence-corrected chi connectivity index (χ4v) is 3.93. The van der Waals surface area contributed by atoms with E-state index in [0.29, 0.717) is 5.82 Å². The van der Waals surface area contributed by atoms with Gasteiger partial charge in [-0.05, 0) is 36.6 Å². The number of carbonyl (C=O) groups is 1. The van der Waals surface area contributed by atoms with Crippen LogP contribution in [0.15, 0.2) is 24.3 Å². The zero-order valence-corrected chi connectivity index (χ0v) is 13.6. The molecule has 5 nitrogen and oxygen atoms in total. The minimum absolute atomic E-state index is 0.0476. The minimum Gasteiger partial charge on any atom is -0.345 e. The molecular formula is C16H20N4OS.